The van der Waals surface area contributed by atoms with E-state index in [-0.39, 0.29) is 11.3 Å². The van der Waals surface area contributed by atoms with E-state index in [2.05, 4.69) is 10.1 Å². The average Bonchev–Trinajstić information content (AvgIpc) is 2.84. The lowest BCUT2D eigenvalue weighted by molar-refractivity contribution is 0.229. The van der Waals surface area contributed by atoms with Crippen molar-refractivity contribution in [2.75, 3.05) is 0 Å². The predicted molar refractivity (Wildman–Crippen MR) is 71.7 cm³/mol. The molecule has 6 heteroatoms. The molecule has 1 heterocycles. The van der Waals surface area contributed by atoms with E-state index in [9.17, 15) is 5.11 Å². The van der Waals surface area contributed by atoms with Crippen molar-refractivity contribution in [3.05, 3.63) is 36.0 Å². The minimum atomic E-state index is -0.370. The molecule has 0 aliphatic heterocycles. The van der Waals surface area contributed by atoms with Crippen LogP contribution in [0.4, 0.5) is 0 Å². The third-order valence-corrected chi connectivity index (χ3v) is 4.36. The van der Waals surface area contributed by atoms with Crippen LogP contribution in [0.5, 0.6) is 5.75 Å². The molecule has 1 fully saturated rings. The molecule has 3 rings (SSSR count). The Hall–Kier alpha value is -1.53. The molecule has 0 amide bonds. The second kappa shape index (κ2) is 4.86. The van der Waals surface area contributed by atoms with Crippen LogP contribution in [0.2, 0.25) is 0 Å². The molecule has 1 aliphatic rings. The predicted octanol–water partition coefficient (Wildman–Crippen LogP) is 2.41. The summed E-state index contributed by atoms with van der Waals surface area (Å²) in [5.41, 5.74) is 5.77. The van der Waals surface area contributed by atoms with Gasteiger partial charge in [-0.1, -0.05) is 5.16 Å². The number of aromatic hydroxyl groups is 1. The Bertz CT molecular complexity index is 564. The van der Waals surface area contributed by atoms with Gasteiger partial charge in [0.15, 0.2) is 5.82 Å². The Morgan fingerprint density at radius 3 is 2.68 bits per heavy atom. The van der Waals surface area contributed by atoms with Crippen LogP contribution < -0.4 is 5.73 Å². The summed E-state index contributed by atoms with van der Waals surface area (Å²) in [4.78, 5) is 5.41. The Balaban J connectivity index is 1.63. The van der Waals surface area contributed by atoms with Crippen LogP contribution in [0.15, 0.2) is 33.7 Å². The van der Waals surface area contributed by atoms with Crippen LogP contribution in [-0.2, 0) is 11.3 Å². The number of phenols is 1. The molecule has 1 aromatic carbocycles. The van der Waals surface area contributed by atoms with E-state index < -0.39 is 0 Å². The fourth-order valence-corrected chi connectivity index (χ4v) is 2.72. The van der Waals surface area contributed by atoms with Gasteiger partial charge in [0, 0.05) is 4.90 Å². The summed E-state index contributed by atoms with van der Waals surface area (Å²) in [6, 6.07) is 7.02. The molecular weight excluding hydrogens is 262 g/mol. The fraction of sp³-hybridized carbons (Fsp3) is 0.385. The molecule has 5 nitrogen and oxygen atoms in total. The number of nitrogens with zero attached hydrogens (tertiary/aromatic N) is 2. The number of hydrogen-bond acceptors (Lipinski definition) is 6. The number of aromatic nitrogens is 2. The Labute approximate surface area is 115 Å². The Kier molecular flexibility index (Phi) is 3.20. The van der Waals surface area contributed by atoms with Gasteiger partial charge in [-0.3, -0.25) is 0 Å². The van der Waals surface area contributed by atoms with Gasteiger partial charge in [-0.15, -0.1) is 11.8 Å². The molecule has 1 aromatic heterocycles. The quantitative estimate of drug-likeness (QED) is 0.835. The first kappa shape index (κ1) is 12.5. The first-order valence-electron chi connectivity index (χ1n) is 6.19. The van der Waals surface area contributed by atoms with Crippen molar-refractivity contribution in [3.63, 3.8) is 0 Å². The lowest BCUT2D eigenvalue weighted by atomic mass is 9.77. The minimum Gasteiger partial charge on any atom is -0.508 e. The maximum absolute atomic E-state index is 9.20. The Morgan fingerprint density at radius 2 is 2.05 bits per heavy atom. The van der Waals surface area contributed by atoms with Crippen LogP contribution in [0.25, 0.3) is 0 Å². The maximum atomic E-state index is 9.20. The zero-order valence-electron chi connectivity index (χ0n) is 10.4. The highest BCUT2D eigenvalue weighted by Crippen LogP contribution is 2.37. The van der Waals surface area contributed by atoms with Gasteiger partial charge in [-0.05, 0) is 43.5 Å². The van der Waals surface area contributed by atoms with Crippen molar-refractivity contribution < 1.29 is 9.63 Å². The van der Waals surface area contributed by atoms with Crippen LogP contribution in [-0.4, -0.2) is 15.2 Å². The van der Waals surface area contributed by atoms with E-state index in [1.807, 2.05) is 12.1 Å². The zero-order valence-corrected chi connectivity index (χ0v) is 11.2. The molecule has 0 unspecified atom stereocenters. The number of benzene rings is 1. The van der Waals surface area contributed by atoms with Crippen molar-refractivity contribution >= 4 is 11.8 Å². The Morgan fingerprint density at radius 1 is 1.32 bits per heavy atom. The molecule has 0 saturated heterocycles. The minimum absolute atomic E-state index is 0.263. The van der Waals surface area contributed by atoms with Crippen molar-refractivity contribution in [3.8, 4) is 5.75 Å². The molecule has 0 spiro atoms. The van der Waals surface area contributed by atoms with Crippen molar-refractivity contribution in [2.45, 2.75) is 35.4 Å². The molecule has 1 aliphatic carbocycles. The van der Waals surface area contributed by atoms with Gasteiger partial charge in [-0.25, -0.2) is 0 Å². The average molecular weight is 277 g/mol. The molecule has 100 valence electrons. The number of phenolic OH excluding ortho intramolecular Hbond substituents is 1. The molecule has 2 aromatic rings. The second-order valence-electron chi connectivity index (χ2n) is 4.80. The topological polar surface area (TPSA) is 85.2 Å². The fourth-order valence-electron chi connectivity index (χ4n) is 1.98. The lowest BCUT2D eigenvalue weighted by Crippen LogP contribution is -2.44. The van der Waals surface area contributed by atoms with Gasteiger partial charge in [-0.2, -0.15) is 4.98 Å². The molecule has 0 atom stereocenters. The summed E-state index contributed by atoms with van der Waals surface area (Å²) in [6.45, 7) is 0. The SMILES string of the molecule is NC1(c2noc(CSc3ccc(O)cc3)n2)CCC1. The normalized spacial score (nSPS) is 17.1. The maximum Gasteiger partial charge on any atom is 0.237 e. The number of thioether (sulfide) groups is 1. The lowest BCUT2D eigenvalue weighted by Gasteiger charge is -2.34. The standard InChI is InChI=1S/C13H15N3O2S/c14-13(6-1-7-13)12-15-11(18-16-12)8-19-10-4-2-9(17)3-5-10/h2-5,17H,1,6-8,14H2. The van der Waals surface area contributed by atoms with E-state index in [1.165, 1.54) is 0 Å². The molecular formula is C13H15N3O2S. The smallest absolute Gasteiger partial charge is 0.237 e. The van der Waals surface area contributed by atoms with Gasteiger partial charge >= 0.3 is 0 Å². The highest BCUT2D eigenvalue weighted by molar-refractivity contribution is 7.98. The summed E-state index contributed by atoms with van der Waals surface area (Å²) in [5.74, 6) is 2.08. The first-order valence-corrected chi connectivity index (χ1v) is 7.18. The van der Waals surface area contributed by atoms with Crippen LogP contribution in [0.3, 0.4) is 0 Å². The monoisotopic (exact) mass is 277 g/mol. The van der Waals surface area contributed by atoms with E-state index in [4.69, 9.17) is 10.3 Å². The third kappa shape index (κ3) is 2.59. The van der Waals surface area contributed by atoms with E-state index >= 15 is 0 Å². The number of hydrogen-bond donors (Lipinski definition) is 2. The highest BCUT2D eigenvalue weighted by Gasteiger charge is 2.38. The van der Waals surface area contributed by atoms with E-state index in [1.54, 1.807) is 23.9 Å². The zero-order chi connectivity index (χ0) is 13.3. The van der Waals surface area contributed by atoms with Gasteiger partial charge in [0.05, 0.1) is 11.3 Å². The third-order valence-electron chi connectivity index (χ3n) is 3.36. The molecule has 0 bridgehead atoms. The summed E-state index contributed by atoms with van der Waals surface area (Å²) in [7, 11) is 0. The number of nitrogens with two attached hydrogens (primary N) is 1. The van der Waals surface area contributed by atoms with Crippen LogP contribution >= 0.6 is 11.8 Å². The molecule has 3 N–H and O–H groups in total. The van der Waals surface area contributed by atoms with Crippen molar-refractivity contribution in [2.24, 2.45) is 5.73 Å². The second-order valence-corrected chi connectivity index (χ2v) is 5.85. The van der Waals surface area contributed by atoms with Crippen molar-refractivity contribution in [1.29, 1.82) is 0 Å². The summed E-state index contributed by atoms with van der Waals surface area (Å²) in [6.07, 6.45) is 2.98. The molecule has 1 saturated carbocycles. The summed E-state index contributed by atoms with van der Waals surface area (Å²) >= 11 is 1.58. The highest BCUT2D eigenvalue weighted by atomic mass is 32.2. The largest absolute Gasteiger partial charge is 0.508 e. The van der Waals surface area contributed by atoms with Gasteiger partial charge in [0.1, 0.15) is 5.75 Å². The van der Waals surface area contributed by atoms with E-state index in [0.29, 0.717) is 17.5 Å². The van der Waals surface area contributed by atoms with Gasteiger partial charge in [0.25, 0.3) is 0 Å². The van der Waals surface area contributed by atoms with Crippen LogP contribution in [0, 0.1) is 0 Å². The molecule has 0 radical (unpaired) electrons. The molecule has 19 heavy (non-hydrogen) atoms. The summed E-state index contributed by atoms with van der Waals surface area (Å²) in [5, 5.41) is 13.2. The summed E-state index contributed by atoms with van der Waals surface area (Å²) < 4.78 is 5.22. The van der Waals surface area contributed by atoms with Crippen LogP contribution in [0.1, 0.15) is 31.0 Å². The number of rotatable bonds is 4. The van der Waals surface area contributed by atoms with Gasteiger partial charge < -0.3 is 15.4 Å². The first-order chi connectivity index (χ1) is 9.16. The van der Waals surface area contributed by atoms with Crippen molar-refractivity contribution in [1.82, 2.24) is 10.1 Å². The van der Waals surface area contributed by atoms with Gasteiger partial charge in [0.2, 0.25) is 5.89 Å². The van der Waals surface area contributed by atoms with E-state index in [0.717, 1.165) is 24.2 Å².